The van der Waals surface area contributed by atoms with Crippen LogP contribution in [0.25, 0.3) is 10.9 Å². The first-order valence-electron chi connectivity index (χ1n) is 9.44. The van der Waals surface area contributed by atoms with Crippen molar-refractivity contribution in [2.45, 2.75) is 32.4 Å². The van der Waals surface area contributed by atoms with Gasteiger partial charge >= 0.3 is 0 Å². The number of hydrogen-bond acceptors (Lipinski definition) is 4. The molecule has 1 aliphatic rings. The van der Waals surface area contributed by atoms with Crippen molar-refractivity contribution in [3.63, 3.8) is 0 Å². The van der Waals surface area contributed by atoms with E-state index in [4.69, 9.17) is 9.98 Å². The molecule has 1 amide bonds. The average Bonchev–Trinajstić information content (AvgIpc) is 2.67. The number of fused-ring (bicyclic) bond motifs is 1. The molecule has 1 atom stereocenters. The first-order valence-corrected chi connectivity index (χ1v) is 9.44. The van der Waals surface area contributed by atoms with E-state index in [0.29, 0.717) is 19.5 Å². The zero-order chi connectivity index (χ0) is 19.2. The molecule has 0 saturated carbocycles. The standard InChI is InChI=1S/C20H28N6O/c1-4-21-20(24-15-9-10-19(27)22-13-15)23-12-14-11-18(26(2)3)25-17-8-6-5-7-16(14)17/h5-8,11,15H,4,9-10,12-13H2,1-3H3,(H,22,27)(H2,21,23,24). The lowest BCUT2D eigenvalue weighted by molar-refractivity contribution is -0.122. The van der Waals surface area contributed by atoms with Gasteiger partial charge in [0.15, 0.2) is 5.96 Å². The molecule has 7 heteroatoms. The Morgan fingerprint density at radius 1 is 1.37 bits per heavy atom. The van der Waals surface area contributed by atoms with E-state index in [9.17, 15) is 4.79 Å². The number of nitrogens with one attached hydrogen (secondary N) is 3. The van der Waals surface area contributed by atoms with Crippen molar-refractivity contribution in [3.8, 4) is 0 Å². The van der Waals surface area contributed by atoms with Gasteiger partial charge in [-0.25, -0.2) is 9.98 Å². The minimum atomic E-state index is 0.120. The van der Waals surface area contributed by atoms with Crippen molar-refractivity contribution in [1.29, 1.82) is 0 Å². The summed E-state index contributed by atoms with van der Waals surface area (Å²) in [6.07, 6.45) is 1.37. The summed E-state index contributed by atoms with van der Waals surface area (Å²) >= 11 is 0. The van der Waals surface area contributed by atoms with Gasteiger partial charge in [-0.1, -0.05) is 18.2 Å². The Labute approximate surface area is 160 Å². The van der Waals surface area contributed by atoms with Gasteiger partial charge in [-0.3, -0.25) is 4.79 Å². The number of aromatic nitrogens is 1. The van der Waals surface area contributed by atoms with Crippen LogP contribution in [-0.2, 0) is 11.3 Å². The highest BCUT2D eigenvalue weighted by Crippen LogP contribution is 2.22. The number of para-hydroxylation sites is 1. The summed E-state index contributed by atoms with van der Waals surface area (Å²) in [4.78, 5) is 22.8. The maximum absolute atomic E-state index is 11.3. The van der Waals surface area contributed by atoms with Gasteiger partial charge in [0.1, 0.15) is 5.82 Å². The molecule has 0 bridgehead atoms. The van der Waals surface area contributed by atoms with E-state index < -0.39 is 0 Å². The van der Waals surface area contributed by atoms with E-state index in [2.05, 4.69) is 28.1 Å². The maximum Gasteiger partial charge on any atom is 0.220 e. The van der Waals surface area contributed by atoms with Crippen molar-refractivity contribution in [1.82, 2.24) is 20.9 Å². The van der Waals surface area contributed by atoms with Crippen LogP contribution in [0.15, 0.2) is 35.3 Å². The number of nitrogens with zero attached hydrogens (tertiary/aromatic N) is 3. The Kier molecular flexibility index (Phi) is 6.11. The molecule has 1 saturated heterocycles. The number of rotatable bonds is 5. The van der Waals surface area contributed by atoms with Gasteiger partial charge in [0.05, 0.1) is 12.1 Å². The minimum Gasteiger partial charge on any atom is -0.363 e. The summed E-state index contributed by atoms with van der Waals surface area (Å²) in [6.45, 7) is 4.02. The largest absolute Gasteiger partial charge is 0.363 e. The Morgan fingerprint density at radius 2 is 2.19 bits per heavy atom. The Morgan fingerprint density at radius 3 is 2.89 bits per heavy atom. The summed E-state index contributed by atoms with van der Waals surface area (Å²) in [7, 11) is 3.99. The number of benzene rings is 1. The van der Waals surface area contributed by atoms with Crippen LogP contribution in [0.4, 0.5) is 5.82 Å². The number of anilines is 1. The van der Waals surface area contributed by atoms with E-state index >= 15 is 0 Å². The van der Waals surface area contributed by atoms with Gasteiger partial charge < -0.3 is 20.9 Å². The van der Waals surface area contributed by atoms with Gasteiger partial charge in [0, 0.05) is 45.0 Å². The zero-order valence-corrected chi connectivity index (χ0v) is 16.2. The molecule has 2 aromatic rings. The summed E-state index contributed by atoms with van der Waals surface area (Å²) in [5, 5.41) is 10.7. The molecule has 1 aromatic carbocycles. The van der Waals surface area contributed by atoms with Crippen molar-refractivity contribution >= 4 is 28.6 Å². The molecule has 1 unspecified atom stereocenters. The summed E-state index contributed by atoms with van der Waals surface area (Å²) in [5.41, 5.74) is 2.11. The van der Waals surface area contributed by atoms with Crippen molar-refractivity contribution in [3.05, 3.63) is 35.9 Å². The molecule has 2 heterocycles. The summed E-state index contributed by atoms with van der Waals surface area (Å²) in [5.74, 6) is 1.81. The molecular weight excluding hydrogens is 340 g/mol. The van der Waals surface area contributed by atoms with Gasteiger partial charge in [-0.15, -0.1) is 0 Å². The monoisotopic (exact) mass is 368 g/mol. The maximum atomic E-state index is 11.3. The molecular formula is C20H28N6O. The van der Waals surface area contributed by atoms with Crippen molar-refractivity contribution in [2.75, 3.05) is 32.1 Å². The van der Waals surface area contributed by atoms with Crippen LogP contribution in [0, 0.1) is 0 Å². The Bertz CT molecular complexity index is 822. The number of piperidine rings is 1. The molecule has 1 fully saturated rings. The van der Waals surface area contributed by atoms with E-state index in [1.165, 1.54) is 0 Å². The first-order chi connectivity index (χ1) is 13.1. The van der Waals surface area contributed by atoms with Crippen LogP contribution in [0.3, 0.4) is 0 Å². The number of aliphatic imine (C=N–C) groups is 1. The molecule has 0 spiro atoms. The average molecular weight is 368 g/mol. The highest BCUT2D eigenvalue weighted by Gasteiger charge is 2.18. The number of pyridine rings is 1. The molecule has 144 valence electrons. The van der Waals surface area contributed by atoms with Gasteiger partial charge in [0.2, 0.25) is 5.91 Å². The smallest absolute Gasteiger partial charge is 0.220 e. The predicted molar refractivity (Wildman–Crippen MR) is 110 cm³/mol. The van der Waals surface area contributed by atoms with Crippen LogP contribution in [0.2, 0.25) is 0 Å². The van der Waals surface area contributed by atoms with E-state index in [1.54, 1.807) is 0 Å². The number of amides is 1. The normalized spacial score (nSPS) is 17.5. The third-order valence-electron chi connectivity index (χ3n) is 4.60. The van der Waals surface area contributed by atoms with Crippen molar-refractivity contribution in [2.24, 2.45) is 4.99 Å². The second-order valence-electron chi connectivity index (χ2n) is 6.93. The number of carbonyl (C=O) groups excluding carboxylic acids is 1. The van der Waals surface area contributed by atoms with E-state index in [1.807, 2.05) is 44.1 Å². The lowest BCUT2D eigenvalue weighted by atomic mass is 10.1. The van der Waals surface area contributed by atoms with Crippen LogP contribution >= 0.6 is 0 Å². The number of guanidine groups is 1. The van der Waals surface area contributed by atoms with Gasteiger partial charge in [0.25, 0.3) is 0 Å². The number of carbonyl (C=O) groups is 1. The third kappa shape index (κ3) is 4.87. The van der Waals surface area contributed by atoms with Crippen LogP contribution in [-0.4, -0.2) is 50.1 Å². The van der Waals surface area contributed by atoms with Crippen LogP contribution in [0.1, 0.15) is 25.3 Å². The fourth-order valence-corrected chi connectivity index (χ4v) is 3.13. The molecule has 7 nitrogen and oxygen atoms in total. The van der Waals surface area contributed by atoms with Crippen molar-refractivity contribution < 1.29 is 4.79 Å². The van der Waals surface area contributed by atoms with Crippen LogP contribution < -0.4 is 20.9 Å². The molecule has 3 rings (SSSR count). The predicted octanol–water partition coefficient (Wildman–Crippen LogP) is 1.63. The molecule has 27 heavy (non-hydrogen) atoms. The molecule has 0 radical (unpaired) electrons. The Hall–Kier alpha value is -2.83. The highest BCUT2D eigenvalue weighted by molar-refractivity contribution is 5.85. The topological polar surface area (TPSA) is 81.7 Å². The van der Waals surface area contributed by atoms with E-state index in [0.717, 1.165) is 41.2 Å². The molecule has 0 aliphatic carbocycles. The fourth-order valence-electron chi connectivity index (χ4n) is 3.13. The summed E-state index contributed by atoms with van der Waals surface area (Å²) in [6, 6.07) is 10.4. The second kappa shape index (κ2) is 8.70. The SMILES string of the molecule is CCNC(=NCc1cc(N(C)C)nc2ccccc12)NC1CCC(=O)NC1. The van der Waals surface area contributed by atoms with Gasteiger partial charge in [-0.2, -0.15) is 0 Å². The Balaban J connectivity index is 1.81. The summed E-state index contributed by atoms with van der Waals surface area (Å²) < 4.78 is 0. The fraction of sp³-hybridized carbons (Fsp3) is 0.450. The number of hydrogen-bond donors (Lipinski definition) is 3. The lowest BCUT2D eigenvalue weighted by Crippen LogP contribution is -2.51. The third-order valence-corrected chi connectivity index (χ3v) is 4.60. The highest BCUT2D eigenvalue weighted by atomic mass is 16.1. The molecule has 1 aliphatic heterocycles. The van der Waals surface area contributed by atoms with Crippen LogP contribution in [0.5, 0.6) is 0 Å². The quantitative estimate of drug-likeness (QED) is 0.552. The zero-order valence-electron chi connectivity index (χ0n) is 16.2. The first kappa shape index (κ1) is 18.9. The minimum absolute atomic E-state index is 0.120. The van der Waals surface area contributed by atoms with Gasteiger partial charge in [-0.05, 0) is 31.0 Å². The van der Waals surface area contributed by atoms with E-state index in [-0.39, 0.29) is 11.9 Å². The second-order valence-corrected chi connectivity index (χ2v) is 6.93. The lowest BCUT2D eigenvalue weighted by Gasteiger charge is -2.25. The molecule has 3 N–H and O–H groups in total. The molecule has 1 aromatic heterocycles.